The molecule has 0 aliphatic carbocycles. The number of nitrogens with one attached hydrogen (secondary N) is 1. The predicted molar refractivity (Wildman–Crippen MR) is 116 cm³/mol. The van der Waals surface area contributed by atoms with Crippen molar-refractivity contribution in [1.29, 1.82) is 0 Å². The minimum Gasteiger partial charge on any atom is -0.489 e. The lowest BCUT2D eigenvalue weighted by Crippen LogP contribution is -2.18. The van der Waals surface area contributed by atoms with E-state index in [-0.39, 0.29) is 5.91 Å². The normalized spacial score (nSPS) is 10.7. The SMILES string of the molecule is Cc1ccc(COc2ccc(/C=N\NC(=O)c3ccccc3I)cc2)cc1. The molecule has 0 spiro atoms. The molecule has 3 aromatic rings. The Bertz CT molecular complexity index is 935. The molecule has 1 N–H and O–H groups in total. The van der Waals surface area contributed by atoms with E-state index in [0.717, 1.165) is 20.4 Å². The summed E-state index contributed by atoms with van der Waals surface area (Å²) >= 11 is 2.13. The van der Waals surface area contributed by atoms with E-state index in [2.05, 4.69) is 64.3 Å². The van der Waals surface area contributed by atoms with Gasteiger partial charge in [-0.3, -0.25) is 4.79 Å². The molecule has 0 radical (unpaired) electrons. The highest BCUT2D eigenvalue weighted by Crippen LogP contribution is 2.14. The molecule has 0 fully saturated rings. The molecule has 4 nitrogen and oxygen atoms in total. The van der Waals surface area contributed by atoms with Gasteiger partial charge < -0.3 is 4.74 Å². The first kappa shape index (κ1) is 19.1. The van der Waals surface area contributed by atoms with E-state index in [1.807, 2.05) is 42.5 Å². The highest BCUT2D eigenvalue weighted by atomic mass is 127. The smallest absolute Gasteiger partial charge is 0.272 e. The fraction of sp³-hybridized carbons (Fsp3) is 0.0909. The maximum atomic E-state index is 12.1. The molecule has 136 valence electrons. The molecule has 0 aliphatic rings. The Balaban J connectivity index is 1.52. The molecule has 0 saturated heterocycles. The minimum atomic E-state index is -0.227. The maximum absolute atomic E-state index is 12.1. The Morgan fingerprint density at radius 1 is 1.04 bits per heavy atom. The molecule has 0 bridgehead atoms. The van der Waals surface area contributed by atoms with E-state index in [9.17, 15) is 4.79 Å². The number of hydrogen-bond acceptors (Lipinski definition) is 3. The molecule has 0 heterocycles. The molecule has 0 aromatic heterocycles. The van der Waals surface area contributed by atoms with E-state index in [0.29, 0.717) is 12.2 Å². The van der Waals surface area contributed by atoms with Crippen LogP contribution in [0.5, 0.6) is 5.75 Å². The van der Waals surface area contributed by atoms with Crippen molar-refractivity contribution in [1.82, 2.24) is 5.43 Å². The standard InChI is InChI=1S/C22H19IN2O2/c1-16-6-8-18(9-7-16)15-27-19-12-10-17(11-13-19)14-24-25-22(26)20-4-2-3-5-21(20)23/h2-14H,15H2,1H3,(H,25,26)/b24-14-. The highest BCUT2D eigenvalue weighted by molar-refractivity contribution is 14.1. The summed E-state index contributed by atoms with van der Waals surface area (Å²) in [6.07, 6.45) is 1.61. The molecule has 27 heavy (non-hydrogen) atoms. The molecule has 0 unspecified atom stereocenters. The van der Waals surface area contributed by atoms with Gasteiger partial charge in [-0.25, -0.2) is 5.43 Å². The van der Waals surface area contributed by atoms with E-state index in [1.165, 1.54) is 5.56 Å². The molecule has 0 aliphatic heterocycles. The largest absolute Gasteiger partial charge is 0.489 e. The van der Waals surface area contributed by atoms with Crippen molar-refractivity contribution in [2.75, 3.05) is 0 Å². The molecular formula is C22H19IN2O2. The number of amides is 1. The minimum absolute atomic E-state index is 0.227. The molecule has 1 amide bonds. The van der Waals surface area contributed by atoms with Gasteiger partial charge in [-0.05, 0) is 77.0 Å². The van der Waals surface area contributed by atoms with Crippen LogP contribution < -0.4 is 10.2 Å². The molecule has 3 rings (SSSR count). The number of rotatable bonds is 6. The number of halogens is 1. The average Bonchev–Trinajstić information content (AvgIpc) is 2.69. The van der Waals surface area contributed by atoms with Crippen molar-refractivity contribution in [2.45, 2.75) is 13.5 Å². The Hall–Kier alpha value is -2.67. The third-order valence-electron chi connectivity index (χ3n) is 3.90. The summed E-state index contributed by atoms with van der Waals surface area (Å²) in [4.78, 5) is 12.1. The second-order valence-electron chi connectivity index (χ2n) is 6.02. The van der Waals surface area contributed by atoms with Crippen LogP contribution >= 0.6 is 22.6 Å². The van der Waals surface area contributed by atoms with Crippen LogP contribution in [0.25, 0.3) is 0 Å². The fourth-order valence-electron chi connectivity index (χ4n) is 2.37. The number of carbonyl (C=O) groups is 1. The van der Waals surface area contributed by atoms with E-state index < -0.39 is 0 Å². The van der Waals surface area contributed by atoms with Gasteiger partial charge in [0, 0.05) is 3.57 Å². The van der Waals surface area contributed by atoms with Crippen LogP contribution in [0.1, 0.15) is 27.0 Å². The van der Waals surface area contributed by atoms with Gasteiger partial charge in [0.15, 0.2) is 0 Å². The van der Waals surface area contributed by atoms with Crippen LogP contribution in [0.15, 0.2) is 77.9 Å². The third kappa shape index (κ3) is 5.65. The van der Waals surface area contributed by atoms with Crippen LogP contribution in [-0.4, -0.2) is 12.1 Å². The zero-order chi connectivity index (χ0) is 19.1. The van der Waals surface area contributed by atoms with Gasteiger partial charge in [0.1, 0.15) is 12.4 Å². The van der Waals surface area contributed by atoms with Gasteiger partial charge in [-0.15, -0.1) is 0 Å². The fourth-order valence-corrected chi connectivity index (χ4v) is 3.00. The van der Waals surface area contributed by atoms with Crippen LogP contribution in [0.3, 0.4) is 0 Å². The average molecular weight is 470 g/mol. The topological polar surface area (TPSA) is 50.7 Å². The van der Waals surface area contributed by atoms with Crippen molar-refractivity contribution >= 4 is 34.7 Å². The maximum Gasteiger partial charge on any atom is 0.272 e. The Morgan fingerprint density at radius 2 is 1.74 bits per heavy atom. The van der Waals surface area contributed by atoms with Crippen LogP contribution in [0, 0.1) is 10.5 Å². The second kappa shape index (κ2) is 9.32. The lowest BCUT2D eigenvalue weighted by molar-refractivity contribution is 0.0954. The molecular weight excluding hydrogens is 451 g/mol. The molecule has 3 aromatic carbocycles. The summed E-state index contributed by atoms with van der Waals surface area (Å²) < 4.78 is 6.67. The lowest BCUT2D eigenvalue weighted by atomic mass is 10.2. The predicted octanol–water partition coefficient (Wildman–Crippen LogP) is 4.94. The first-order valence-electron chi connectivity index (χ1n) is 8.48. The number of aryl methyl sites for hydroxylation is 1. The van der Waals surface area contributed by atoms with Crippen molar-refractivity contribution in [3.8, 4) is 5.75 Å². The van der Waals surface area contributed by atoms with Crippen molar-refractivity contribution in [2.24, 2.45) is 5.10 Å². The number of ether oxygens (including phenoxy) is 1. The van der Waals surface area contributed by atoms with Crippen molar-refractivity contribution in [3.05, 3.63) is 98.6 Å². The number of hydrogen-bond donors (Lipinski definition) is 1. The Morgan fingerprint density at radius 3 is 2.44 bits per heavy atom. The summed E-state index contributed by atoms with van der Waals surface area (Å²) in [6, 6.07) is 23.2. The molecule has 0 saturated carbocycles. The van der Waals surface area contributed by atoms with Crippen LogP contribution in [0.4, 0.5) is 0 Å². The highest BCUT2D eigenvalue weighted by Gasteiger charge is 2.07. The summed E-state index contributed by atoms with van der Waals surface area (Å²) in [7, 11) is 0. The van der Waals surface area contributed by atoms with Gasteiger partial charge in [0.25, 0.3) is 5.91 Å². The summed E-state index contributed by atoms with van der Waals surface area (Å²) in [5, 5.41) is 4.02. The number of hydrazone groups is 1. The second-order valence-corrected chi connectivity index (χ2v) is 7.18. The van der Waals surface area contributed by atoms with Crippen molar-refractivity contribution in [3.63, 3.8) is 0 Å². The molecule has 5 heteroatoms. The zero-order valence-corrected chi connectivity index (χ0v) is 17.0. The van der Waals surface area contributed by atoms with Gasteiger partial charge in [-0.2, -0.15) is 5.10 Å². The van der Waals surface area contributed by atoms with Crippen LogP contribution in [-0.2, 0) is 6.61 Å². The van der Waals surface area contributed by atoms with Gasteiger partial charge in [-0.1, -0.05) is 42.0 Å². The zero-order valence-electron chi connectivity index (χ0n) is 14.9. The Labute approximate surface area is 172 Å². The van der Waals surface area contributed by atoms with Gasteiger partial charge in [0.05, 0.1) is 11.8 Å². The molecule has 0 atom stereocenters. The van der Waals surface area contributed by atoms with Crippen LogP contribution in [0.2, 0.25) is 0 Å². The van der Waals surface area contributed by atoms with Gasteiger partial charge >= 0.3 is 0 Å². The third-order valence-corrected chi connectivity index (χ3v) is 4.85. The summed E-state index contributed by atoms with van der Waals surface area (Å²) in [6.45, 7) is 2.59. The summed E-state index contributed by atoms with van der Waals surface area (Å²) in [5.74, 6) is 0.560. The number of carbonyl (C=O) groups excluding carboxylic acids is 1. The first-order chi connectivity index (χ1) is 13.1. The number of nitrogens with zero attached hydrogens (tertiary/aromatic N) is 1. The number of benzene rings is 3. The van der Waals surface area contributed by atoms with Gasteiger partial charge in [0.2, 0.25) is 0 Å². The summed E-state index contributed by atoms with van der Waals surface area (Å²) in [5.41, 5.74) is 6.39. The van der Waals surface area contributed by atoms with E-state index >= 15 is 0 Å². The quantitative estimate of drug-likeness (QED) is 0.315. The monoisotopic (exact) mass is 470 g/mol. The Kier molecular flexibility index (Phi) is 6.59. The lowest BCUT2D eigenvalue weighted by Gasteiger charge is -2.07. The first-order valence-corrected chi connectivity index (χ1v) is 9.56. The van der Waals surface area contributed by atoms with E-state index in [1.54, 1.807) is 12.3 Å². The van der Waals surface area contributed by atoms with E-state index in [4.69, 9.17) is 4.74 Å². The van der Waals surface area contributed by atoms with Crippen molar-refractivity contribution < 1.29 is 9.53 Å².